The summed E-state index contributed by atoms with van der Waals surface area (Å²) in [6.07, 6.45) is 0. The molecule has 0 aliphatic carbocycles. The molecule has 1 rings (SSSR count). The summed E-state index contributed by atoms with van der Waals surface area (Å²) < 4.78 is 5.18. The van der Waals surface area contributed by atoms with E-state index in [1.807, 2.05) is 12.1 Å². The Balaban J connectivity index is 2.56. The Morgan fingerprint density at radius 1 is 1.21 bits per heavy atom. The number of nitrogens with zero attached hydrogens (tertiary/aromatic N) is 1. The zero-order valence-corrected chi connectivity index (χ0v) is 14.3. The molecule has 0 fully saturated rings. The monoisotopic (exact) mass is 327 g/mol. The highest BCUT2D eigenvalue weighted by Gasteiger charge is 2.24. The fourth-order valence-electron chi connectivity index (χ4n) is 2.04. The van der Waals surface area contributed by atoms with Gasteiger partial charge in [-0.25, -0.2) is 0 Å². The first-order valence-corrected chi connectivity index (χ1v) is 7.86. The van der Waals surface area contributed by atoms with Gasteiger partial charge in [-0.2, -0.15) is 0 Å². The Labute approximate surface area is 126 Å². The first-order valence-electron chi connectivity index (χ1n) is 6.74. The van der Waals surface area contributed by atoms with Crippen molar-refractivity contribution in [2.24, 2.45) is 11.3 Å². The van der Waals surface area contributed by atoms with Crippen molar-refractivity contribution in [3.8, 4) is 5.75 Å². The molecule has 0 heterocycles. The van der Waals surface area contributed by atoms with Gasteiger partial charge in [0, 0.05) is 18.4 Å². The topological polar surface area (TPSA) is 12.5 Å². The van der Waals surface area contributed by atoms with E-state index >= 15 is 0 Å². The van der Waals surface area contributed by atoms with E-state index in [0.29, 0.717) is 11.3 Å². The summed E-state index contributed by atoms with van der Waals surface area (Å²) >= 11 is 3.64. The Bertz CT molecular complexity index is 369. The van der Waals surface area contributed by atoms with Gasteiger partial charge in [-0.1, -0.05) is 48.8 Å². The van der Waals surface area contributed by atoms with E-state index < -0.39 is 0 Å². The van der Waals surface area contributed by atoms with E-state index in [-0.39, 0.29) is 0 Å². The third kappa shape index (κ3) is 5.53. The average molecular weight is 328 g/mol. The Kier molecular flexibility index (Phi) is 6.34. The summed E-state index contributed by atoms with van der Waals surface area (Å²) in [6, 6.07) is 8.31. The lowest BCUT2D eigenvalue weighted by atomic mass is 9.82. The average Bonchev–Trinajstić information content (AvgIpc) is 2.35. The highest BCUT2D eigenvalue weighted by atomic mass is 79.9. The smallest absolute Gasteiger partial charge is 0.118 e. The van der Waals surface area contributed by atoms with E-state index in [0.717, 1.165) is 24.2 Å². The summed E-state index contributed by atoms with van der Waals surface area (Å²) in [6.45, 7) is 8.99. The molecule has 2 nitrogen and oxygen atoms in total. The zero-order chi connectivity index (χ0) is 14.5. The van der Waals surface area contributed by atoms with Crippen LogP contribution in [0, 0.1) is 11.3 Å². The first-order chi connectivity index (χ1) is 8.86. The minimum Gasteiger partial charge on any atom is -0.497 e. The maximum atomic E-state index is 5.18. The van der Waals surface area contributed by atoms with Gasteiger partial charge in [0.15, 0.2) is 0 Å². The summed E-state index contributed by atoms with van der Waals surface area (Å²) in [7, 11) is 3.89. The molecule has 1 aromatic carbocycles. The van der Waals surface area contributed by atoms with Crippen LogP contribution in [0.15, 0.2) is 24.3 Å². The molecule has 0 N–H and O–H groups in total. The second kappa shape index (κ2) is 7.30. The number of alkyl halides is 1. The van der Waals surface area contributed by atoms with E-state index in [1.54, 1.807) is 7.11 Å². The summed E-state index contributed by atoms with van der Waals surface area (Å²) in [4.78, 5) is 2.39. The van der Waals surface area contributed by atoms with Gasteiger partial charge in [0.05, 0.1) is 7.11 Å². The fraction of sp³-hybridized carbons (Fsp3) is 0.625. The molecule has 0 amide bonds. The molecular formula is C16H26BrNO. The van der Waals surface area contributed by atoms with Crippen LogP contribution < -0.4 is 4.74 Å². The molecule has 1 unspecified atom stereocenters. The van der Waals surface area contributed by atoms with Crippen molar-refractivity contribution in [2.45, 2.75) is 27.3 Å². The predicted octanol–water partition coefficient (Wildman–Crippen LogP) is 4.18. The molecule has 0 aliphatic rings. The Morgan fingerprint density at radius 2 is 1.79 bits per heavy atom. The van der Waals surface area contributed by atoms with E-state index in [1.165, 1.54) is 5.56 Å². The molecule has 0 radical (unpaired) electrons. The maximum Gasteiger partial charge on any atom is 0.118 e. The highest BCUT2D eigenvalue weighted by Crippen LogP contribution is 2.28. The van der Waals surface area contributed by atoms with Gasteiger partial charge >= 0.3 is 0 Å². The maximum absolute atomic E-state index is 5.18. The molecule has 0 aliphatic heterocycles. The van der Waals surface area contributed by atoms with Crippen LogP contribution in [0.1, 0.15) is 26.3 Å². The standard InChI is InChI=1S/C16H26BrNO/c1-16(2,3)14(10-17)12-18(4)11-13-6-8-15(19-5)9-7-13/h6-9,14H,10-12H2,1-5H3. The predicted molar refractivity (Wildman–Crippen MR) is 86.1 cm³/mol. The van der Waals surface area contributed by atoms with E-state index in [2.05, 4.69) is 60.8 Å². The van der Waals surface area contributed by atoms with Gasteiger partial charge in [0.1, 0.15) is 5.75 Å². The van der Waals surface area contributed by atoms with Gasteiger partial charge in [-0.3, -0.25) is 0 Å². The van der Waals surface area contributed by atoms with Gasteiger partial charge in [-0.15, -0.1) is 0 Å². The van der Waals surface area contributed by atoms with Crippen LogP contribution >= 0.6 is 15.9 Å². The normalized spacial score (nSPS) is 13.6. The van der Waals surface area contributed by atoms with Gasteiger partial charge in [0.2, 0.25) is 0 Å². The number of ether oxygens (including phenoxy) is 1. The van der Waals surface area contributed by atoms with E-state index in [4.69, 9.17) is 4.74 Å². The third-order valence-electron chi connectivity index (χ3n) is 3.55. The minimum atomic E-state index is 0.331. The lowest BCUT2D eigenvalue weighted by Crippen LogP contribution is -2.34. The number of halogens is 1. The van der Waals surface area contributed by atoms with Crippen LogP contribution in [-0.4, -0.2) is 30.9 Å². The minimum absolute atomic E-state index is 0.331. The lowest BCUT2D eigenvalue weighted by molar-refractivity contribution is 0.183. The second-order valence-corrected chi connectivity index (χ2v) is 6.91. The molecule has 0 bridgehead atoms. The molecule has 1 atom stereocenters. The molecule has 3 heteroatoms. The molecule has 0 saturated heterocycles. The summed E-state index contributed by atoms with van der Waals surface area (Å²) in [5, 5.41) is 1.05. The van der Waals surface area contributed by atoms with Crippen LogP contribution in [0.5, 0.6) is 5.75 Å². The van der Waals surface area contributed by atoms with Crippen LogP contribution in [0.4, 0.5) is 0 Å². The van der Waals surface area contributed by atoms with Crippen LogP contribution in [0.2, 0.25) is 0 Å². The zero-order valence-electron chi connectivity index (χ0n) is 12.7. The number of rotatable bonds is 6. The van der Waals surface area contributed by atoms with Crippen LogP contribution in [-0.2, 0) is 6.54 Å². The quantitative estimate of drug-likeness (QED) is 0.726. The molecule has 0 spiro atoms. The third-order valence-corrected chi connectivity index (χ3v) is 4.34. The SMILES string of the molecule is COc1ccc(CN(C)CC(CBr)C(C)(C)C)cc1. The fourth-order valence-corrected chi connectivity index (χ4v) is 3.21. The molecule has 108 valence electrons. The molecule has 19 heavy (non-hydrogen) atoms. The van der Waals surface area contributed by atoms with Crippen molar-refractivity contribution < 1.29 is 4.74 Å². The van der Waals surface area contributed by atoms with E-state index in [9.17, 15) is 0 Å². The molecule has 0 saturated carbocycles. The number of hydrogen-bond acceptors (Lipinski definition) is 2. The number of hydrogen-bond donors (Lipinski definition) is 0. The van der Waals surface area contributed by atoms with Crippen molar-refractivity contribution in [1.29, 1.82) is 0 Å². The van der Waals surface area contributed by atoms with Crippen LogP contribution in [0.25, 0.3) is 0 Å². The Hall–Kier alpha value is -0.540. The summed E-state index contributed by atoms with van der Waals surface area (Å²) in [5.74, 6) is 1.56. The second-order valence-electron chi connectivity index (χ2n) is 6.26. The first kappa shape index (κ1) is 16.5. The number of methoxy groups -OCH3 is 1. The van der Waals surface area contributed by atoms with Gasteiger partial charge in [0.25, 0.3) is 0 Å². The highest BCUT2D eigenvalue weighted by molar-refractivity contribution is 9.09. The van der Waals surface area contributed by atoms with Crippen LogP contribution in [0.3, 0.4) is 0 Å². The van der Waals surface area contributed by atoms with Crippen molar-refractivity contribution in [2.75, 3.05) is 26.0 Å². The van der Waals surface area contributed by atoms with Crippen molar-refractivity contribution in [3.05, 3.63) is 29.8 Å². The van der Waals surface area contributed by atoms with Crippen molar-refractivity contribution in [3.63, 3.8) is 0 Å². The van der Waals surface area contributed by atoms with Gasteiger partial charge < -0.3 is 9.64 Å². The summed E-state index contributed by atoms with van der Waals surface area (Å²) in [5.41, 5.74) is 1.66. The van der Waals surface area contributed by atoms with Crippen molar-refractivity contribution >= 4 is 15.9 Å². The molecule has 1 aromatic rings. The lowest BCUT2D eigenvalue weighted by Gasteiger charge is -2.32. The molecule has 0 aromatic heterocycles. The Morgan fingerprint density at radius 3 is 2.21 bits per heavy atom. The van der Waals surface area contributed by atoms with Crippen molar-refractivity contribution in [1.82, 2.24) is 4.90 Å². The largest absolute Gasteiger partial charge is 0.497 e. The number of benzene rings is 1. The van der Waals surface area contributed by atoms with Gasteiger partial charge in [-0.05, 0) is 36.1 Å². The molecular weight excluding hydrogens is 302 g/mol.